The van der Waals surface area contributed by atoms with E-state index in [1.807, 2.05) is 32.9 Å². The van der Waals surface area contributed by atoms with Crippen molar-refractivity contribution >= 4 is 17.5 Å². The first kappa shape index (κ1) is 18.1. The van der Waals surface area contributed by atoms with Crippen molar-refractivity contribution in [3.05, 3.63) is 69.8 Å². The van der Waals surface area contributed by atoms with Gasteiger partial charge in [-0.2, -0.15) is 0 Å². The maximum atomic E-state index is 13.4. The van der Waals surface area contributed by atoms with E-state index in [4.69, 9.17) is 4.74 Å². The first-order chi connectivity index (χ1) is 12.3. The number of carbonyl (C=O) groups is 3. The first-order valence-corrected chi connectivity index (χ1v) is 8.75. The molecule has 0 heterocycles. The summed E-state index contributed by atoms with van der Waals surface area (Å²) in [4.78, 5) is 39.2. The molecule has 26 heavy (non-hydrogen) atoms. The molecule has 0 spiro atoms. The zero-order valence-electron chi connectivity index (χ0n) is 15.5. The number of ketones is 2. The molecule has 0 aliphatic heterocycles. The Morgan fingerprint density at radius 1 is 0.962 bits per heavy atom. The molecule has 2 aromatic carbocycles. The van der Waals surface area contributed by atoms with Gasteiger partial charge in [-0.1, -0.05) is 42.0 Å². The van der Waals surface area contributed by atoms with Crippen molar-refractivity contribution in [3.8, 4) is 0 Å². The Labute approximate surface area is 153 Å². The highest BCUT2D eigenvalue weighted by atomic mass is 16.5. The van der Waals surface area contributed by atoms with Gasteiger partial charge in [0.1, 0.15) is 5.41 Å². The minimum absolute atomic E-state index is 0.204. The van der Waals surface area contributed by atoms with Gasteiger partial charge in [-0.05, 0) is 44.4 Å². The Morgan fingerprint density at radius 2 is 1.46 bits per heavy atom. The van der Waals surface area contributed by atoms with Gasteiger partial charge in [0.05, 0.1) is 13.0 Å². The van der Waals surface area contributed by atoms with Crippen molar-refractivity contribution in [2.45, 2.75) is 39.5 Å². The summed E-state index contributed by atoms with van der Waals surface area (Å²) in [5.41, 5.74) is 2.55. The standard InChI is InChI=1S/C22H22O4/c1-5-26-18(23)12-22(19-14(3)10-13(2)11-15(19)4)20(24)16-8-6-7-9-17(16)21(22)25/h6-11H,5,12H2,1-4H3. The number of esters is 1. The van der Waals surface area contributed by atoms with Crippen molar-refractivity contribution in [1.82, 2.24) is 0 Å². The number of fused-ring (bicyclic) bond motifs is 1. The average Bonchev–Trinajstić information content (AvgIpc) is 2.77. The molecule has 134 valence electrons. The topological polar surface area (TPSA) is 60.4 Å². The zero-order chi connectivity index (χ0) is 19.1. The molecule has 0 atom stereocenters. The van der Waals surface area contributed by atoms with E-state index in [0.29, 0.717) is 16.7 Å². The van der Waals surface area contributed by atoms with Crippen molar-refractivity contribution < 1.29 is 19.1 Å². The number of benzene rings is 2. The van der Waals surface area contributed by atoms with E-state index in [1.54, 1.807) is 31.2 Å². The second-order valence-electron chi connectivity index (χ2n) is 6.86. The van der Waals surface area contributed by atoms with Crippen LogP contribution in [0.1, 0.15) is 56.3 Å². The molecule has 1 aliphatic rings. The van der Waals surface area contributed by atoms with Crippen LogP contribution in [0.3, 0.4) is 0 Å². The molecule has 0 aromatic heterocycles. The van der Waals surface area contributed by atoms with Gasteiger partial charge in [-0.3, -0.25) is 14.4 Å². The molecule has 1 aliphatic carbocycles. The van der Waals surface area contributed by atoms with Crippen LogP contribution >= 0.6 is 0 Å². The lowest BCUT2D eigenvalue weighted by atomic mass is 9.70. The maximum absolute atomic E-state index is 13.4. The van der Waals surface area contributed by atoms with E-state index in [-0.39, 0.29) is 24.6 Å². The highest BCUT2D eigenvalue weighted by Gasteiger charge is 2.56. The minimum Gasteiger partial charge on any atom is -0.466 e. The fourth-order valence-corrected chi connectivity index (χ4v) is 4.20. The van der Waals surface area contributed by atoms with Gasteiger partial charge in [-0.15, -0.1) is 0 Å². The fourth-order valence-electron chi connectivity index (χ4n) is 4.20. The van der Waals surface area contributed by atoms with Crippen LogP contribution in [0.2, 0.25) is 0 Å². The number of hydrogen-bond donors (Lipinski definition) is 0. The summed E-state index contributed by atoms with van der Waals surface area (Å²) in [5, 5.41) is 0. The Hall–Kier alpha value is -2.75. The number of carbonyl (C=O) groups excluding carboxylic acids is 3. The number of rotatable bonds is 4. The second-order valence-corrected chi connectivity index (χ2v) is 6.86. The van der Waals surface area contributed by atoms with Crippen molar-refractivity contribution in [1.29, 1.82) is 0 Å². The van der Waals surface area contributed by atoms with Crippen LogP contribution in [0.15, 0.2) is 36.4 Å². The van der Waals surface area contributed by atoms with Gasteiger partial charge >= 0.3 is 5.97 Å². The van der Waals surface area contributed by atoms with Crippen LogP contribution in [-0.4, -0.2) is 24.1 Å². The summed E-state index contributed by atoms with van der Waals surface area (Å²) in [6, 6.07) is 10.7. The number of aryl methyl sites for hydroxylation is 3. The zero-order valence-corrected chi connectivity index (χ0v) is 15.5. The normalized spacial score (nSPS) is 15.1. The SMILES string of the molecule is CCOC(=O)CC1(c2c(C)cc(C)cc2C)C(=O)c2ccccc2C1=O. The molecule has 4 nitrogen and oxygen atoms in total. The van der Waals surface area contributed by atoms with Gasteiger partial charge in [0, 0.05) is 11.1 Å². The maximum Gasteiger partial charge on any atom is 0.307 e. The summed E-state index contributed by atoms with van der Waals surface area (Å²) < 4.78 is 5.11. The summed E-state index contributed by atoms with van der Waals surface area (Å²) in [6.07, 6.45) is -0.280. The van der Waals surface area contributed by atoms with Crippen LogP contribution < -0.4 is 0 Å². The molecular formula is C22H22O4. The largest absolute Gasteiger partial charge is 0.466 e. The molecule has 0 N–H and O–H groups in total. The molecule has 0 radical (unpaired) electrons. The van der Waals surface area contributed by atoms with Gasteiger partial charge in [0.2, 0.25) is 0 Å². The van der Waals surface area contributed by atoms with Gasteiger partial charge in [-0.25, -0.2) is 0 Å². The third-order valence-corrected chi connectivity index (χ3v) is 5.01. The highest BCUT2D eigenvalue weighted by Crippen LogP contribution is 2.45. The van der Waals surface area contributed by atoms with Crippen LogP contribution in [0.25, 0.3) is 0 Å². The van der Waals surface area contributed by atoms with E-state index in [2.05, 4.69) is 0 Å². The monoisotopic (exact) mass is 350 g/mol. The number of Topliss-reactive ketones (excluding diaryl/α,β-unsaturated/α-hetero) is 2. The van der Waals surface area contributed by atoms with Gasteiger partial charge in [0.15, 0.2) is 11.6 Å². The lowest BCUT2D eigenvalue weighted by Crippen LogP contribution is -2.42. The minimum atomic E-state index is -1.54. The first-order valence-electron chi connectivity index (χ1n) is 8.75. The summed E-state index contributed by atoms with van der Waals surface area (Å²) in [7, 11) is 0. The Balaban J connectivity index is 2.29. The number of hydrogen-bond acceptors (Lipinski definition) is 4. The molecule has 0 saturated carbocycles. The highest BCUT2D eigenvalue weighted by molar-refractivity contribution is 6.34. The predicted molar refractivity (Wildman–Crippen MR) is 98.7 cm³/mol. The molecule has 2 aromatic rings. The summed E-state index contributed by atoms with van der Waals surface area (Å²) in [5.74, 6) is -1.18. The molecule has 0 amide bonds. The Kier molecular flexibility index (Phi) is 4.53. The summed E-state index contributed by atoms with van der Waals surface area (Å²) >= 11 is 0. The molecule has 0 fully saturated rings. The Morgan fingerprint density at radius 3 is 1.92 bits per heavy atom. The summed E-state index contributed by atoms with van der Waals surface area (Å²) in [6.45, 7) is 7.64. The molecule has 0 unspecified atom stereocenters. The van der Waals surface area contributed by atoms with Crippen LogP contribution in [0, 0.1) is 20.8 Å². The van der Waals surface area contributed by atoms with E-state index in [1.165, 1.54) is 0 Å². The van der Waals surface area contributed by atoms with Crippen molar-refractivity contribution in [2.75, 3.05) is 6.61 Å². The van der Waals surface area contributed by atoms with Crippen molar-refractivity contribution in [2.24, 2.45) is 0 Å². The quantitative estimate of drug-likeness (QED) is 0.620. The van der Waals surface area contributed by atoms with E-state index >= 15 is 0 Å². The fraction of sp³-hybridized carbons (Fsp3) is 0.318. The van der Waals surface area contributed by atoms with Crippen LogP contribution in [-0.2, 0) is 14.9 Å². The molecule has 4 heteroatoms. The number of ether oxygens (including phenoxy) is 1. The predicted octanol–water partition coefficient (Wildman–Crippen LogP) is 3.88. The molecule has 0 saturated heterocycles. The molecular weight excluding hydrogens is 328 g/mol. The lowest BCUT2D eigenvalue weighted by molar-refractivity contribution is -0.143. The van der Waals surface area contributed by atoms with E-state index in [9.17, 15) is 14.4 Å². The Bertz CT molecular complexity index is 865. The second kappa shape index (κ2) is 6.52. The third-order valence-electron chi connectivity index (χ3n) is 5.01. The lowest BCUT2D eigenvalue weighted by Gasteiger charge is -2.29. The van der Waals surface area contributed by atoms with Gasteiger partial charge in [0.25, 0.3) is 0 Å². The van der Waals surface area contributed by atoms with E-state index < -0.39 is 11.4 Å². The molecule has 0 bridgehead atoms. The third kappa shape index (κ3) is 2.57. The van der Waals surface area contributed by atoms with Gasteiger partial charge < -0.3 is 4.74 Å². The average molecular weight is 350 g/mol. The molecule has 3 rings (SSSR count). The smallest absolute Gasteiger partial charge is 0.307 e. The van der Waals surface area contributed by atoms with E-state index in [0.717, 1.165) is 16.7 Å². The van der Waals surface area contributed by atoms with Crippen molar-refractivity contribution in [3.63, 3.8) is 0 Å². The van der Waals surface area contributed by atoms with Crippen LogP contribution in [0.4, 0.5) is 0 Å². The van der Waals surface area contributed by atoms with Crippen LogP contribution in [0.5, 0.6) is 0 Å².